The first-order chi connectivity index (χ1) is 14.5. The molecule has 2 heterocycles. The third-order valence-electron chi connectivity index (χ3n) is 5.50. The standard InChI is InChI=1S/C22H26N4O3S/c1-16-13-19(29-2)10-11-22(16)30(27,28)24-15-17-14-21(20-9-5-6-12-23-20)26(25-17)18-7-3-4-8-18/h5-6,9-14,18,24H,3-4,7-8,15H2,1-2H3. The smallest absolute Gasteiger partial charge is 0.241 e. The number of nitrogens with one attached hydrogen (secondary N) is 1. The molecule has 0 bridgehead atoms. The molecule has 30 heavy (non-hydrogen) atoms. The van der Waals surface area contributed by atoms with E-state index >= 15 is 0 Å². The molecular weight excluding hydrogens is 400 g/mol. The van der Waals surface area contributed by atoms with Crippen LogP contribution in [0.3, 0.4) is 0 Å². The molecule has 158 valence electrons. The van der Waals surface area contributed by atoms with E-state index in [1.54, 1.807) is 38.4 Å². The highest BCUT2D eigenvalue weighted by molar-refractivity contribution is 7.89. The molecule has 2 aromatic heterocycles. The Balaban J connectivity index is 1.59. The first-order valence-corrected chi connectivity index (χ1v) is 11.6. The molecule has 0 unspecified atom stereocenters. The summed E-state index contributed by atoms with van der Waals surface area (Å²) in [6, 6.07) is 13.0. The number of methoxy groups -OCH3 is 1. The van der Waals surface area contributed by atoms with Gasteiger partial charge in [0.15, 0.2) is 0 Å². The van der Waals surface area contributed by atoms with Gasteiger partial charge in [-0.05, 0) is 61.7 Å². The van der Waals surface area contributed by atoms with Gasteiger partial charge < -0.3 is 4.74 Å². The van der Waals surface area contributed by atoms with Crippen molar-refractivity contribution in [3.8, 4) is 17.1 Å². The van der Waals surface area contributed by atoms with E-state index in [1.807, 2.05) is 28.9 Å². The van der Waals surface area contributed by atoms with E-state index in [9.17, 15) is 8.42 Å². The lowest BCUT2D eigenvalue weighted by Gasteiger charge is -2.13. The molecule has 0 aliphatic heterocycles. The summed E-state index contributed by atoms with van der Waals surface area (Å²) < 4.78 is 35.6. The van der Waals surface area contributed by atoms with Crippen molar-refractivity contribution in [2.45, 2.75) is 50.1 Å². The maximum Gasteiger partial charge on any atom is 0.241 e. The first kappa shape index (κ1) is 20.6. The summed E-state index contributed by atoms with van der Waals surface area (Å²) in [5.41, 5.74) is 3.08. The number of hydrogen-bond donors (Lipinski definition) is 1. The molecule has 1 aliphatic rings. The summed E-state index contributed by atoms with van der Waals surface area (Å²) in [6.45, 7) is 1.87. The zero-order valence-corrected chi connectivity index (χ0v) is 18.0. The topological polar surface area (TPSA) is 86.1 Å². The van der Waals surface area contributed by atoms with Crippen molar-refractivity contribution < 1.29 is 13.2 Å². The minimum atomic E-state index is -3.67. The predicted molar refractivity (Wildman–Crippen MR) is 115 cm³/mol. The van der Waals surface area contributed by atoms with Gasteiger partial charge in [0.2, 0.25) is 10.0 Å². The van der Waals surface area contributed by atoms with Crippen molar-refractivity contribution >= 4 is 10.0 Å². The maximum absolute atomic E-state index is 12.8. The Kier molecular flexibility index (Phi) is 5.87. The van der Waals surface area contributed by atoms with Crippen LogP contribution in [0.25, 0.3) is 11.4 Å². The van der Waals surface area contributed by atoms with Crippen LogP contribution in [0.4, 0.5) is 0 Å². The third-order valence-corrected chi connectivity index (χ3v) is 7.06. The normalized spacial score (nSPS) is 14.9. The number of rotatable bonds is 7. The van der Waals surface area contributed by atoms with Crippen LogP contribution in [0.1, 0.15) is 43.0 Å². The SMILES string of the molecule is COc1ccc(S(=O)(=O)NCc2cc(-c3ccccn3)n(C3CCCC3)n2)c(C)c1. The molecule has 0 radical (unpaired) electrons. The summed E-state index contributed by atoms with van der Waals surface area (Å²) in [7, 11) is -2.12. The molecule has 8 heteroatoms. The highest BCUT2D eigenvalue weighted by atomic mass is 32.2. The van der Waals surface area contributed by atoms with Crippen LogP contribution in [0, 0.1) is 6.92 Å². The fraction of sp³-hybridized carbons (Fsp3) is 0.364. The molecule has 1 N–H and O–H groups in total. The molecule has 0 amide bonds. The van der Waals surface area contributed by atoms with Crippen LogP contribution in [0.2, 0.25) is 0 Å². The summed E-state index contributed by atoms with van der Waals surface area (Å²) in [5, 5.41) is 4.74. The maximum atomic E-state index is 12.8. The number of benzene rings is 1. The van der Waals surface area contributed by atoms with Gasteiger partial charge in [-0.2, -0.15) is 5.10 Å². The average molecular weight is 427 g/mol. The van der Waals surface area contributed by atoms with Gasteiger partial charge in [0.25, 0.3) is 0 Å². The molecular formula is C22H26N4O3S. The van der Waals surface area contributed by atoms with Crippen molar-refractivity contribution in [1.82, 2.24) is 19.5 Å². The highest BCUT2D eigenvalue weighted by Crippen LogP contribution is 2.33. The number of aromatic nitrogens is 3. The second kappa shape index (κ2) is 8.57. The van der Waals surface area contributed by atoms with Gasteiger partial charge in [-0.3, -0.25) is 9.67 Å². The Hall–Kier alpha value is -2.71. The Morgan fingerprint density at radius 1 is 1.17 bits per heavy atom. The zero-order chi connectivity index (χ0) is 21.1. The number of hydrogen-bond acceptors (Lipinski definition) is 5. The molecule has 3 aromatic rings. The van der Waals surface area contributed by atoms with Crippen molar-refractivity contribution in [2.24, 2.45) is 0 Å². The second-order valence-corrected chi connectivity index (χ2v) is 9.31. The molecule has 1 aromatic carbocycles. The number of aryl methyl sites for hydroxylation is 1. The monoisotopic (exact) mass is 426 g/mol. The number of sulfonamides is 1. The van der Waals surface area contributed by atoms with Crippen LogP contribution >= 0.6 is 0 Å². The fourth-order valence-electron chi connectivity index (χ4n) is 3.96. The van der Waals surface area contributed by atoms with E-state index < -0.39 is 10.0 Å². The van der Waals surface area contributed by atoms with Crippen LogP contribution in [-0.4, -0.2) is 30.3 Å². The Morgan fingerprint density at radius 2 is 1.97 bits per heavy atom. The highest BCUT2D eigenvalue weighted by Gasteiger charge is 2.23. The van der Waals surface area contributed by atoms with Crippen molar-refractivity contribution in [3.63, 3.8) is 0 Å². The molecule has 4 rings (SSSR count). The van der Waals surface area contributed by atoms with Crippen molar-refractivity contribution in [1.29, 1.82) is 0 Å². The van der Waals surface area contributed by atoms with Crippen molar-refractivity contribution in [3.05, 3.63) is 59.9 Å². The predicted octanol–water partition coefficient (Wildman–Crippen LogP) is 3.86. The Bertz CT molecular complexity index is 1120. The largest absolute Gasteiger partial charge is 0.497 e. The number of pyridine rings is 1. The molecule has 1 fully saturated rings. The van der Waals surface area contributed by atoms with Crippen LogP contribution in [0.5, 0.6) is 5.75 Å². The Labute approximate surface area is 177 Å². The lowest BCUT2D eigenvalue weighted by molar-refractivity contribution is 0.414. The lowest BCUT2D eigenvalue weighted by Crippen LogP contribution is -2.24. The molecule has 1 aliphatic carbocycles. The van der Waals surface area contributed by atoms with Gasteiger partial charge in [0, 0.05) is 6.20 Å². The fourth-order valence-corrected chi connectivity index (χ4v) is 5.18. The van der Waals surface area contributed by atoms with E-state index in [2.05, 4.69) is 9.71 Å². The molecule has 1 saturated carbocycles. The van der Waals surface area contributed by atoms with Crippen LogP contribution in [0.15, 0.2) is 53.6 Å². The van der Waals surface area contributed by atoms with E-state index in [-0.39, 0.29) is 11.4 Å². The van der Waals surface area contributed by atoms with E-state index in [1.165, 1.54) is 12.8 Å². The van der Waals surface area contributed by atoms with E-state index in [0.29, 0.717) is 23.0 Å². The van der Waals surface area contributed by atoms with E-state index in [4.69, 9.17) is 9.84 Å². The third kappa shape index (κ3) is 4.24. The van der Waals surface area contributed by atoms with Gasteiger partial charge in [0.1, 0.15) is 5.75 Å². The summed E-state index contributed by atoms with van der Waals surface area (Å²) in [5.74, 6) is 0.627. The summed E-state index contributed by atoms with van der Waals surface area (Å²) >= 11 is 0. The molecule has 0 atom stereocenters. The lowest BCUT2D eigenvalue weighted by atomic mass is 10.2. The number of ether oxygens (including phenoxy) is 1. The Morgan fingerprint density at radius 3 is 2.63 bits per heavy atom. The molecule has 7 nitrogen and oxygen atoms in total. The van der Waals surface area contributed by atoms with Gasteiger partial charge >= 0.3 is 0 Å². The van der Waals surface area contributed by atoms with Gasteiger partial charge in [0.05, 0.1) is 41.7 Å². The summed E-state index contributed by atoms with van der Waals surface area (Å²) in [4.78, 5) is 4.71. The minimum absolute atomic E-state index is 0.118. The molecule has 0 spiro atoms. The quantitative estimate of drug-likeness (QED) is 0.620. The zero-order valence-electron chi connectivity index (χ0n) is 17.2. The van der Waals surface area contributed by atoms with E-state index in [0.717, 1.165) is 24.2 Å². The van der Waals surface area contributed by atoms with Gasteiger partial charge in [-0.15, -0.1) is 0 Å². The average Bonchev–Trinajstić information content (AvgIpc) is 3.42. The van der Waals surface area contributed by atoms with Crippen LogP contribution < -0.4 is 9.46 Å². The number of nitrogens with zero attached hydrogens (tertiary/aromatic N) is 3. The molecule has 0 saturated heterocycles. The second-order valence-electron chi connectivity index (χ2n) is 7.57. The van der Waals surface area contributed by atoms with Crippen LogP contribution in [-0.2, 0) is 16.6 Å². The summed E-state index contributed by atoms with van der Waals surface area (Å²) in [6.07, 6.45) is 6.29. The van der Waals surface area contributed by atoms with Crippen molar-refractivity contribution in [2.75, 3.05) is 7.11 Å². The minimum Gasteiger partial charge on any atom is -0.497 e. The van der Waals surface area contributed by atoms with Gasteiger partial charge in [-0.25, -0.2) is 13.1 Å². The van der Waals surface area contributed by atoms with Gasteiger partial charge in [-0.1, -0.05) is 18.9 Å². The first-order valence-electron chi connectivity index (χ1n) is 10.1.